The first-order valence-corrected chi connectivity index (χ1v) is 8.45. The second kappa shape index (κ2) is 6.31. The van der Waals surface area contributed by atoms with Crippen LogP contribution in [-0.2, 0) is 16.6 Å². The summed E-state index contributed by atoms with van der Waals surface area (Å²) in [6.45, 7) is 0.129. The first-order valence-electron chi connectivity index (χ1n) is 5.80. The standard InChI is InChI=1S/C13H11BrClFN2O2S/c14-10-3-2-9(15)6-12(10)18-21(19,20)13-4-1-8(7-17)5-11(13)16/h1-6,18H,7,17H2. The monoisotopic (exact) mass is 392 g/mol. The van der Waals surface area contributed by atoms with Crippen molar-refractivity contribution in [2.24, 2.45) is 5.73 Å². The van der Waals surface area contributed by atoms with Gasteiger partial charge < -0.3 is 5.73 Å². The number of anilines is 1. The van der Waals surface area contributed by atoms with Crippen LogP contribution in [0.4, 0.5) is 10.1 Å². The number of hydrogen-bond donors (Lipinski definition) is 2. The third-order valence-electron chi connectivity index (χ3n) is 2.69. The van der Waals surface area contributed by atoms with Crippen molar-refractivity contribution in [3.8, 4) is 0 Å². The van der Waals surface area contributed by atoms with Crippen LogP contribution < -0.4 is 10.5 Å². The molecule has 21 heavy (non-hydrogen) atoms. The van der Waals surface area contributed by atoms with Gasteiger partial charge >= 0.3 is 0 Å². The van der Waals surface area contributed by atoms with E-state index >= 15 is 0 Å². The summed E-state index contributed by atoms with van der Waals surface area (Å²) < 4.78 is 41.2. The Bertz CT molecular complexity index is 784. The van der Waals surface area contributed by atoms with E-state index in [0.717, 1.165) is 6.07 Å². The Balaban J connectivity index is 2.41. The van der Waals surface area contributed by atoms with Crippen molar-refractivity contribution in [1.29, 1.82) is 0 Å². The summed E-state index contributed by atoms with van der Waals surface area (Å²) in [4.78, 5) is -0.452. The molecule has 0 heterocycles. The second-order valence-corrected chi connectivity index (χ2v) is 7.14. The van der Waals surface area contributed by atoms with Crippen molar-refractivity contribution in [2.45, 2.75) is 11.4 Å². The minimum atomic E-state index is -4.06. The molecule has 0 saturated heterocycles. The largest absolute Gasteiger partial charge is 0.326 e. The first kappa shape index (κ1) is 16.2. The number of sulfonamides is 1. The van der Waals surface area contributed by atoms with E-state index in [1.807, 2.05) is 0 Å². The zero-order valence-electron chi connectivity index (χ0n) is 10.6. The van der Waals surface area contributed by atoms with Gasteiger partial charge in [-0.3, -0.25) is 4.72 Å². The summed E-state index contributed by atoms with van der Waals surface area (Å²) in [5.74, 6) is -0.858. The zero-order chi connectivity index (χ0) is 15.6. The molecule has 0 unspecified atom stereocenters. The lowest BCUT2D eigenvalue weighted by molar-refractivity contribution is 0.569. The lowest BCUT2D eigenvalue weighted by atomic mass is 10.2. The molecule has 0 radical (unpaired) electrons. The Morgan fingerprint density at radius 3 is 2.57 bits per heavy atom. The maximum Gasteiger partial charge on any atom is 0.264 e. The third kappa shape index (κ3) is 3.74. The highest BCUT2D eigenvalue weighted by Crippen LogP contribution is 2.28. The van der Waals surface area contributed by atoms with E-state index in [2.05, 4.69) is 20.7 Å². The number of benzene rings is 2. The highest BCUT2D eigenvalue weighted by Gasteiger charge is 2.20. The van der Waals surface area contributed by atoms with Gasteiger partial charge in [0.1, 0.15) is 10.7 Å². The van der Waals surface area contributed by atoms with Gasteiger partial charge in [-0.2, -0.15) is 0 Å². The molecule has 3 N–H and O–H groups in total. The molecule has 0 atom stereocenters. The Morgan fingerprint density at radius 2 is 1.95 bits per heavy atom. The Hall–Kier alpha value is -1.15. The predicted octanol–water partition coefficient (Wildman–Crippen LogP) is 3.50. The van der Waals surface area contributed by atoms with Crippen LogP contribution in [0.1, 0.15) is 5.56 Å². The zero-order valence-corrected chi connectivity index (χ0v) is 13.8. The van der Waals surface area contributed by atoms with Crippen LogP contribution in [0.15, 0.2) is 45.8 Å². The SMILES string of the molecule is NCc1ccc(S(=O)(=O)Nc2cc(Cl)ccc2Br)c(F)c1. The molecule has 4 nitrogen and oxygen atoms in total. The average molecular weight is 394 g/mol. The van der Waals surface area contributed by atoms with E-state index in [4.69, 9.17) is 17.3 Å². The molecule has 0 aliphatic rings. The topological polar surface area (TPSA) is 72.2 Å². The Kier molecular flexibility index (Phi) is 4.88. The van der Waals surface area contributed by atoms with E-state index < -0.39 is 20.7 Å². The number of hydrogen-bond acceptors (Lipinski definition) is 3. The minimum absolute atomic E-state index is 0.129. The summed E-state index contributed by atoms with van der Waals surface area (Å²) in [5, 5.41) is 0.356. The molecule has 0 fully saturated rings. The number of rotatable bonds is 4. The van der Waals surface area contributed by atoms with E-state index in [1.54, 1.807) is 12.1 Å². The predicted molar refractivity (Wildman–Crippen MR) is 84.3 cm³/mol. The fourth-order valence-electron chi connectivity index (χ4n) is 1.66. The van der Waals surface area contributed by atoms with Crippen LogP contribution in [0, 0.1) is 5.82 Å². The molecule has 2 rings (SSSR count). The molecule has 0 amide bonds. The molecule has 0 aliphatic carbocycles. The molecular formula is C13H11BrClFN2O2S. The normalized spacial score (nSPS) is 11.4. The van der Waals surface area contributed by atoms with Crippen molar-refractivity contribution >= 4 is 43.2 Å². The quantitative estimate of drug-likeness (QED) is 0.835. The van der Waals surface area contributed by atoms with Gasteiger partial charge in [-0.1, -0.05) is 17.7 Å². The van der Waals surface area contributed by atoms with Gasteiger partial charge in [-0.05, 0) is 51.8 Å². The number of nitrogens with one attached hydrogen (secondary N) is 1. The van der Waals surface area contributed by atoms with Gasteiger partial charge in [-0.25, -0.2) is 12.8 Å². The molecule has 0 bridgehead atoms. The summed E-state index contributed by atoms with van der Waals surface area (Å²) in [6, 6.07) is 8.36. The van der Waals surface area contributed by atoms with E-state index in [9.17, 15) is 12.8 Å². The summed E-state index contributed by atoms with van der Waals surface area (Å²) in [5.41, 5.74) is 6.12. The minimum Gasteiger partial charge on any atom is -0.326 e. The molecule has 2 aromatic carbocycles. The second-order valence-electron chi connectivity index (χ2n) is 4.20. The van der Waals surface area contributed by atoms with Crippen LogP contribution in [0.2, 0.25) is 5.02 Å². The van der Waals surface area contributed by atoms with Gasteiger partial charge in [0.05, 0.1) is 5.69 Å². The highest BCUT2D eigenvalue weighted by atomic mass is 79.9. The smallest absolute Gasteiger partial charge is 0.264 e. The highest BCUT2D eigenvalue weighted by molar-refractivity contribution is 9.10. The molecular weight excluding hydrogens is 383 g/mol. The van der Waals surface area contributed by atoms with Gasteiger partial charge in [0.25, 0.3) is 10.0 Å². The molecule has 0 spiro atoms. The molecule has 8 heteroatoms. The van der Waals surface area contributed by atoms with Crippen molar-refractivity contribution in [1.82, 2.24) is 0 Å². The maximum atomic E-state index is 13.9. The van der Waals surface area contributed by atoms with E-state index in [0.29, 0.717) is 15.1 Å². The molecule has 0 aromatic heterocycles. The van der Waals surface area contributed by atoms with Crippen LogP contribution >= 0.6 is 27.5 Å². The van der Waals surface area contributed by atoms with Crippen molar-refractivity contribution in [3.63, 3.8) is 0 Å². The fraction of sp³-hybridized carbons (Fsp3) is 0.0769. The van der Waals surface area contributed by atoms with Crippen LogP contribution in [0.25, 0.3) is 0 Å². The fourth-order valence-corrected chi connectivity index (χ4v) is 3.44. The molecule has 112 valence electrons. The van der Waals surface area contributed by atoms with Gasteiger partial charge in [0, 0.05) is 16.0 Å². The average Bonchev–Trinajstić information content (AvgIpc) is 2.42. The maximum absolute atomic E-state index is 13.9. The lowest BCUT2D eigenvalue weighted by Gasteiger charge is -2.11. The summed E-state index contributed by atoms with van der Waals surface area (Å²) in [7, 11) is -4.06. The lowest BCUT2D eigenvalue weighted by Crippen LogP contribution is -2.15. The third-order valence-corrected chi connectivity index (χ3v) is 5.02. The first-order chi connectivity index (χ1) is 9.83. The number of halogens is 3. The summed E-state index contributed by atoms with van der Waals surface area (Å²) in [6.07, 6.45) is 0. The van der Waals surface area contributed by atoms with Gasteiger partial charge in [-0.15, -0.1) is 0 Å². The van der Waals surface area contributed by atoms with Crippen LogP contribution in [0.5, 0.6) is 0 Å². The van der Waals surface area contributed by atoms with Gasteiger partial charge in [0.15, 0.2) is 0 Å². The van der Waals surface area contributed by atoms with Gasteiger partial charge in [0.2, 0.25) is 0 Å². The van der Waals surface area contributed by atoms with Crippen molar-refractivity contribution in [3.05, 3.63) is 57.3 Å². The molecule has 0 aliphatic heterocycles. The van der Waals surface area contributed by atoms with E-state index in [1.165, 1.54) is 18.2 Å². The summed E-state index contributed by atoms with van der Waals surface area (Å²) >= 11 is 9.02. The van der Waals surface area contributed by atoms with Crippen LogP contribution in [0.3, 0.4) is 0 Å². The number of nitrogens with two attached hydrogens (primary N) is 1. The molecule has 2 aromatic rings. The Labute approximate surface area is 135 Å². The van der Waals surface area contributed by atoms with Crippen molar-refractivity contribution in [2.75, 3.05) is 4.72 Å². The Morgan fingerprint density at radius 1 is 1.24 bits per heavy atom. The van der Waals surface area contributed by atoms with Crippen molar-refractivity contribution < 1.29 is 12.8 Å². The molecule has 0 saturated carbocycles. The van der Waals surface area contributed by atoms with E-state index in [-0.39, 0.29) is 12.2 Å². The van der Waals surface area contributed by atoms with Crippen LogP contribution in [-0.4, -0.2) is 8.42 Å².